The topological polar surface area (TPSA) is 78.0 Å². The zero-order valence-corrected chi connectivity index (χ0v) is 7.84. The van der Waals surface area contributed by atoms with E-state index in [0.717, 1.165) is 12.8 Å². The maximum Gasteiger partial charge on any atom is 0.392 e. The van der Waals surface area contributed by atoms with Crippen LogP contribution in [0.3, 0.4) is 0 Å². The molecule has 0 bridgehead atoms. The first-order chi connectivity index (χ1) is 6.70. The molecule has 0 amide bonds. The summed E-state index contributed by atoms with van der Waals surface area (Å²) in [6.07, 6.45) is 3.64. The Labute approximate surface area is 80.7 Å². The van der Waals surface area contributed by atoms with Gasteiger partial charge in [0.05, 0.1) is 0 Å². The van der Waals surface area contributed by atoms with Crippen LogP contribution in [-0.2, 0) is 6.54 Å². The minimum Gasteiger partial charge on any atom is -0.358 e. The number of hydrogen-bond acceptors (Lipinski definition) is 4. The SMILES string of the molecule is CCCCn1cnc([N+](=O)[O-])c1C=O. The average molecular weight is 197 g/mol. The molecule has 0 atom stereocenters. The lowest BCUT2D eigenvalue weighted by molar-refractivity contribution is -0.389. The van der Waals surface area contributed by atoms with Gasteiger partial charge in [-0.2, -0.15) is 0 Å². The molecule has 0 radical (unpaired) electrons. The van der Waals surface area contributed by atoms with Crippen molar-refractivity contribution < 1.29 is 9.72 Å². The fraction of sp³-hybridized carbons (Fsp3) is 0.500. The third-order valence-corrected chi connectivity index (χ3v) is 1.90. The van der Waals surface area contributed by atoms with Gasteiger partial charge in [0.25, 0.3) is 0 Å². The summed E-state index contributed by atoms with van der Waals surface area (Å²) < 4.78 is 1.51. The molecule has 0 aliphatic carbocycles. The van der Waals surface area contributed by atoms with E-state index in [1.165, 1.54) is 10.9 Å². The summed E-state index contributed by atoms with van der Waals surface area (Å²) in [6, 6.07) is 0. The molecule has 0 spiro atoms. The molecule has 0 N–H and O–H groups in total. The van der Waals surface area contributed by atoms with Gasteiger partial charge in [-0.1, -0.05) is 13.3 Å². The van der Waals surface area contributed by atoms with Gasteiger partial charge in [-0.25, -0.2) is 0 Å². The summed E-state index contributed by atoms with van der Waals surface area (Å²) in [5.74, 6) is -0.365. The molecule has 0 aliphatic rings. The van der Waals surface area contributed by atoms with Crippen LogP contribution in [-0.4, -0.2) is 20.8 Å². The Kier molecular flexibility index (Phi) is 3.33. The van der Waals surface area contributed by atoms with Crippen LogP contribution in [0.4, 0.5) is 5.82 Å². The van der Waals surface area contributed by atoms with Crippen molar-refractivity contribution in [3.05, 3.63) is 22.1 Å². The normalized spacial score (nSPS) is 10.1. The van der Waals surface area contributed by atoms with Crippen molar-refractivity contribution in [1.29, 1.82) is 0 Å². The van der Waals surface area contributed by atoms with E-state index in [9.17, 15) is 14.9 Å². The number of nitro groups is 1. The van der Waals surface area contributed by atoms with E-state index in [2.05, 4.69) is 4.98 Å². The monoisotopic (exact) mass is 197 g/mol. The van der Waals surface area contributed by atoms with Gasteiger partial charge in [0.15, 0.2) is 12.0 Å². The van der Waals surface area contributed by atoms with Gasteiger partial charge in [-0.15, -0.1) is 0 Å². The Bertz CT molecular complexity index is 346. The van der Waals surface area contributed by atoms with Crippen molar-refractivity contribution in [1.82, 2.24) is 9.55 Å². The number of nitrogens with zero attached hydrogens (tertiary/aromatic N) is 3. The molecule has 0 saturated heterocycles. The molecule has 6 nitrogen and oxygen atoms in total. The molecule has 1 heterocycles. The first kappa shape index (κ1) is 10.4. The van der Waals surface area contributed by atoms with Crippen molar-refractivity contribution >= 4 is 12.1 Å². The van der Waals surface area contributed by atoms with Gasteiger partial charge in [0.2, 0.25) is 6.33 Å². The van der Waals surface area contributed by atoms with E-state index in [1.54, 1.807) is 0 Å². The first-order valence-electron chi connectivity index (χ1n) is 4.35. The highest BCUT2D eigenvalue weighted by Gasteiger charge is 2.20. The number of carbonyl (C=O) groups excluding carboxylic acids is 1. The number of hydrogen-bond donors (Lipinski definition) is 0. The summed E-state index contributed by atoms with van der Waals surface area (Å²) in [5, 5.41) is 10.4. The van der Waals surface area contributed by atoms with E-state index in [0.29, 0.717) is 12.8 Å². The lowest BCUT2D eigenvalue weighted by Gasteiger charge is -1.99. The average Bonchev–Trinajstić information content (AvgIpc) is 2.57. The molecule has 6 heteroatoms. The number of rotatable bonds is 5. The third-order valence-electron chi connectivity index (χ3n) is 1.90. The van der Waals surface area contributed by atoms with Crippen LogP contribution in [0.1, 0.15) is 30.3 Å². The van der Waals surface area contributed by atoms with E-state index < -0.39 is 4.92 Å². The molecule has 1 aromatic heterocycles. The van der Waals surface area contributed by atoms with Crippen molar-refractivity contribution in [2.24, 2.45) is 0 Å². The van der Waals surface area contributed by atoms with Crippen LogP contribution in [0.15, 0.2) is 6.33 Å². The van der Waals surface area contributed by atoms with Gasteiger partial charge in [-0.3, -0.25) is 4.79 Å². The minimum absolute atomic E-state index is 0.0449. The van der Waals surface area contributed by atoms with E-state index in [1.807, 2.05) is 6.92 Å². The van der Waals surface area contributed by atoms with Gasteiger partial charge >= 0.3 is 5.82 Å². The van der Waals surface area contributed by atoms with Crippen molar-refractivity contribution in [3.8, 4) is 0 Å². The fourth-order valence-electron chi connectivity index (χ4n) is 1.15. The number of aryl methyl sites for hydroxylation is 1. The van der Waals surface area contributed by atoms with Crippen LogP contribution in [0.2, 0.25) is 0 Å². The molecular formula is C8H11N3O3. The Hall–Kier alpha value is -1.72. The highest BCUT2D eigenvalue weighted by molar-refractivity contribution is 5.77. The number of unbranched alkanes of at least 4 members (excludes halogenated alkanes) is 1. The molecule has 0 unspecified atom stereocenters. The van der Waals surface area contributed by atoms with Crippen molar-refractivity contribution in [3.63, 3.8) is 0 Å². The number of imidazole rings is 1. The maximum absolute atomic E-state index is 10.6. The van der Waals surface area contributed by atoms with Crippen molar-refractivity contribution in [2.75, 3.05) is 0 Å². The highest BCUT2D eigenvalue weighted by Crippen LogP contribution is 2.14. The summed E-state index contributed by atoms with van der Waals surface area (Å²) in [6.45, 7) is 2.59. The van der Waals surface area contributed by atoms with Crippen LogP contribution in [0.5, 0.6) is 0 Å². The predicted octanol–water partition coefficient (Wildman–Crippen LogP) is 1.40. The first-order valence-corrected chi connectivity index (χ1v) is 4.35. The minimum atomic E-state index is -0.647. The standard InChI is InChI=1S/C8H11N3O3/c1-2-3-4-10-6-9-8(11(13)14)7(10)5-12/h5-6H,2-4H2,1H3. The second-order valence-electron chi connectivity index (χ2n) is 2.88. The largest absolute Gasteiger partial charge is 0.392 e. The number of carbonyl (C=O) groups is 1. The van der Waals surface area contributed by atoms with E-state index in [-0.39, 0.29) is 11.5 Å². The van der Waals surface area contributed by atoms with E-state index in [4.69, 9.17) is 0 Å². The van der Waals surface area contributed by atoms with Crippen LogP contribution in [0.25, 0.3) is 0 Å². The molecular weight excluding hydrogens is 186 g/mol. The van der Waals surface area contributed by atoms with Crippen LogP contribution >= 0.6 is 0 Å². The molecule has 76 valence electrons. The summed E-state index contributed by atoms with van der Waals surface area (Å²) in [7, 11) is 0. The van der Waals surface area contributed by atoms with Gasteiger partial charge in [-0.05, 0) is 16.3 Å². The molecule has 0 saturated carbocycles. The summed E-state index contributed by atoms with van der Waals surface area (Å²) >= 11 is 0. The van der Waals surface area contributed by atoms with Crippen LogP contribution < -0.4 is 0 Å². The van der Waals surface area contributed by atoms with E-state index >= 15 is 0 Å². The lowest BCUT2D eigenvalue weighted by Crippen LogP contribution is -2.02. The van der Waals surface area contributed by atoms with Crippen LogP contribution in [0, 0.1) is 10.1 Å². The molecule has 1 rings (SSSR count). The molecule has 0 fully saturated rings. The smallest absolute Gasteiger partial charge is 0.358 e. The number of aromatic nitrogens is 2. The second-order valence-corrected chi connectivity index (χ2v) is 2.88. The third kappa shape index (κ3) is 1.95. The molecule has 14 heavy (non-hydrogen) atoms. The zero-order chi connectivity index (χ0) is 10.6. The zero-order valence-electron chi connectivity index (χ0n) is 7.84. The molecule has 0 aliphatic heterocycles. The highest BCUT2D eigenvalue weighted by atomic mass is 16.6. The predicted molar refractivity (Wildman–Crippen MR) is 49.2 cm³/mol. The maximum atomic E-state index is 10.6. The Morgan fingerprint density at radius 1 is 1.71 bits per heavy atom. The summed E-state index contributed by atoms with van der Waals surface area (Å²) in [5.41, 5.74) is 0.0449. The molecule has 1 aromatic rings. The second kappa shape index (κ2) is 4.50. The lowest BCUT2D eigenvalue weighted by atomic mass is 10.3. The Balaban J connectivity index is 2.95. The summed E-state index contributed by atoms with van der Waals surface area (Å²) in [4.78, 5) is 24.0. The van der Waals surface area contributed by atoms with Gasteiger partial charge in [0, 0.05) is 6.54 Å². The number of aldehydes is 1. The fourth-order valence-corrected chi connectivity index (χ4v) is 1.15. The Morgan fingerprint density at radius 3 is 2.93 bits per heavy atom. The van der Waals surface area contributed by atoms with Crippen molar-refractivity contribution in [2.45, 2.75) is 26.3 Å². The quantitative estimate of drug-likeness (QED) is 0.406. The van der Waals surface area contributed by atoms with Gasteiger partial charge in [0.1, 0.15) is 0 Å². The van der Waals surface area contributed by atoms with Gasteiger partial charge < -0.3 is 14.7 Å². The Morgan fingerprint density at radius 2 is 2.43 bits per heavy atom. The molecule has 0 aromatic carbocycles.